The number of imidazole rings is 1. The average Bonchev–Trinajstić information content (AvgIpc) is 2.15. The van der Waals surface area contributed by atoms with Crippen LogP contribution < -0.4 is 0 Å². The van der Waals surface area contributed by atoms with Crippen molar-refractivity contribution in [3.63, 3.8) is 0 Å². The molecular formula is C5H8N2O3. The average molecular weight is 144 g/mol. The highest BCUT2D eigenvalue weighted by molar-refractivity contribution is 5.53. The topological polar surface area (TPSA) is 75.4 Å². The third-order valence-corrected chi connectivity index (χ3v) is 0.637. The van der Waals surface area contributed by atoms with Crippen LogP contribution in [0.1, 0.15) is 0 Å². The van der Waals surface area contributed by atoms with Crippen molar-refractivity contribution in [3.05, 3.63) is 18.7 Å². The number of hydrogen-bond acceptors (Lipinski definition) is 2. The smallest absolute Gasteiger partial charge is 0.450 e. The fraction of sp³-hybridized carbons (Fsp3) is 0.200. The molecule has 2 N–H and O–H groups in total. The van der Waals surface area contributed by atoms with E-state index in [9.17, 15) is 0 Å². The highest BCUT2D eigenvalue weighted by Gasteiger charge is 1.70. The maximum Gasteiger partial charge on any atom is 0.503 e. The van der Waals surface area contributed by atoms with E-state index in [1.165, 1.54) is 0 Å². The number of hydrogen-bond donors (Lipinski definition) is 2. The molecule has 0 aliphatic rings. The lowest BCUT2D eigenvalue weighted by Gasteiger charge is -1.76. The Morgan fingerprint density at radius 1 is 1.60 bits per heavy atom. The van der Waals surface area contributed by atoms with Gasteiger partial charge in [-0.25, -0.2) is 9.78 Å². The lowest BCUT2D eigenvalue weighted by atomic mass is 10.9. The molecule has 0 aliphatic carbocycles. The minimum absolute atomic E-state index is 1.75. The Kier molecular flexibility index (Phi) is 3.70. The first-order valence-electron chi connectivity index (χ1n) is 2.46. The number of carbonyl (C=O) groups is 1. The second-order valence-corrected chi connectivity index (χ2v) is 1.51. The van der Waals surface area contributed by atoms with Gasteiger partial charge in [-0.1, -0.05) is 0 Å². The molecule has 0 fully saturated rings. The monoisotopic (exact) mass is 144 g/mol. The van der Waals surface area contributed by atoms with Crippen LogP contribution in [0.2, 0.25) is 0 Å². The van der Waals surface area contributed by atoms with E-state index >= 15 is 0 Å². The molecule has 0 unspecified atom stereocenters. The van der Waals surface area contributed by atoms with Crippen molar-refractivity contribution in [1.82, 2.24) is 9.55 Å². The molecule has 1 heterocycles. The summed E-state index contributed by atoms with van der Waals surface area (Å²) in [4.78, 5) is 12.3. The molecule has 56 valence electrons. The van der Waals surface area contributed by atoms with Crippen LogP contribution in [-0.4, -0.2) is 25.9 Å². The van der Waals surface area contributed by atoms with Gasteiger partial charge in [0.15, 0.2) is 0 Å². The van der Waals surface area contributed by atoms with Crippen molar-refractivity contribution in [2.75, 3.05) is 0 Å². The summed E-state index contributed by atoms with van der Waals surface area (Å²) in [6.07, 6.45) is 3.56. The molecule has 1 rings (SSSR count). The molecule has 0 spiro atoms. The molecule has 0 atom stereocenters. The summed E-state index contributed by atoms with van der Waals surface area (Å²) in [5.41, 5.74) is 0. The van der Waals surface area contributed by atoms with Gasteiger partial charge in [-0.2, -0.15) is 0 Å². The third kappa shape index (κ3) is 6.48. The van der Waals surface area contributed by atoms with Gasteiger partial charge in [0.25, 0.3) is 0 Å². The SMILES string of the molecule is Cn1ccnc1.O=C(O)O. The molecular weight excluding hydrogens is 136 g/mol. The molecule has 0 radical (unpaired) electrons. The number of carboxylic acid groups (broad SMARTS) is 2. The van der Waals surface area contributed by atoms with Crippen molar-refractivity contribution in [2.45, 2.75) is 0 Å². The van der Waals surface area contributed by atoms with Gasteiger partial charge in [-0.15, -0.1) is 0 Å². The van der Waals surface area contributed by atoms with Gasteiger partial charge in [0.05, 0.1) is 6.33 Å². The summed E-state index contributed by atoms with van der Waals surface area (Å²) < 4.78 is 1.89. The van der Waals surface area contributed by atoms with Gasteiger partial charge in [0, 0.05) is 19.4 Å². The van der Waals surface area contributed by atoms with Crippen LogP contribution in [0.25, 0.3) is 0 Å². The zero-order chi connectivity index (χ0) is 7.98. The highest BCUT2D eigenvalue weighted by atomic mass is 16.6. The van der Waals surface area contributed by atoms with Gasteiger partial charge in [-0.05, 0) is 0 Å². The predicted octanol–water partition coefficient (Wildman–Crippen LogP) is 0.642. The van der Waals surface area contributed by atoms with Crippen LogP contribution in [0, 0.1) is 0 Å². The van der Waals surface area contributed by atoms with Crippen molar-refractivity contribution in [3.8, 4) is 0 Å². The van der Waals surface area contributed by atoms with Crippen molar-refractivity contribution >= 4 is 6.16 Å². The summed E-state index contributed by atoms with van der Waals surface area (Å²) in [6, 6.07) is 0. The standard InChI is InChI=1S/C4H6N2.CH2O3/c1-6-3-2-5-4-6;2-1(3)4/h2-4H,1H3;(H2,2,3,4). The van der Waals surface area contributed by atoms with E-state index in [2.05, 4.69) is 4.98 Å². The summed E-state index contributed by atoms with van der Waals surface area (Å²) in [7, 11) is 1.94. The minimum Gasteiger partial charge on any atom is -0.450 e. The first-order chi connectivity index (χ1) is 4.63. The molecule has 5 heteroatoms. The van der Waals surface area contributed by atoms with E-state index in [0.717, 1.165) is 0 Å². The van der Waals surface area contributed by atoms with E-state index in [0.29, 0.717) is 0 Å². The van der Waals surface area contributed by atoms with E-state index in [1.807, 2.05) is 17.8 Å². The molecule has 0 aliphatic heterocycles. The summed E-state index contributed by atoms with van der Waals surface area (Å²) in [5, 5.41) is 13.9. The quantitative estimate of drug-likeness (QED) is 0.560. The van der Waals surface area contributed by atoms with Crippen LogP contribution in [-0.2, 0) is 7.05 Å². The fourth-order valence-corrected chi connectivity index (χ4v) is 0.326. The Morgan fingerprint density at radius 3 is 2.20 bits per heavy atom. The van der Waals surface area contributed by atoms with Crippen LogP contribution >= 0.6 is 0 Å². The van der Waals surface area contributed by atoms with E-state index in [-0.39, 0.29) is 0 Å². The largest absolute Gasteiger partial charge is 0.503 e. The number of aromatic nitrogens is 2. The van der Waals surface area contributed by atoms with Crippen molar-refractivity contribution in [1.29, 1.82) is 0 Å². The van der Waals surface area contributed by atoms with Gasteiger partial charge < -0.3 is 14.8 Å². The second kappa shape index (κ2) is 4.37. The normalized spacial score (nSPS) is 7.70. The molecule has 1 aromatic rings. The summed E-state index contributed by atoms with van der Waals surface area (Å²) in [5.74, 6) is 0. The molecule has 0 saturated heterocycles. The summed E-state index contributed by atoms with van der Waals surface area (Å²) in [6.45, 7) is 0. The Balaban J connectivity index is 0.000000180. The summed E-state index contributed by atoms with van der Waals surface area (Å²) >= 11 is 0. The van der Waals surface area contributed by atoms with Gasteiger partial charge in [0.1, 0.15) is 0 Å². The highest BCUT2D eigenvalue weighted by Crippen LogP contribution is 1.73. The van der Waals surface area contributed by atoms with Gasteiger partial charge in [-0.3, -0.25) is 0 Å². The second-order valence-electron chi connectivity index (χ2n) is 1.51. The van der Waals surface area contributed by atoms with E-state index in [1.54, 1.807) is 12.5 Å². The Morgan fingerprint density at radius 2 is 2.10 bits per heavy atom. The molecule has 0 aromatic carbocycles. The van der Waals surface area contributed by atoms with Crippen LogP contribution in [0.15, 0.2) is 18.7 Å². The van der Waals surface area contributed by atoms with Crippen molar-refractivity contribution in [2.24, 2.45) is 7.05 Å². The Labute approximate surface area is 57.6 Å². The molecule has 0 saturated carbocycles. The zero-order valence-electron chi connectivity index (χ0n) is 5.43. The van der Waals surface area contributed by atoms with Crippen LogP contribution in [0.5, 0.6) is 0 Å². The third-order valence-electron chi connectivity index (χ3n) is 0.637. The number of nitrogens with zero attached hydrogens (tertiary/aromatic N) is 2. The molecule has 5 nitrogen and oxygen atoms in total. The van der Waals surface area contributed by atoms with Gasteiger partial charge >= 0.3 is 6.16 Å². The van der Waals surface area contributed by atoms with E-state index in [4.69, 9.17) is 15.0 Å². The fourth-order valence-electron chi connectivity index (χ4n) is 0.326. The number of aryl methyl sites for hydroxylation is 1. The lowest BCUT2D eigenvalue weighted by Crippen LogP contribution is -1.81. The maximum absolute atomic E-state index is 8.56. The van der Waals surface area contributed by atoms with Crippen LogP contribution in [0.4, 0.5) is 4.79 Å². The minimum atomic E-state index is -1.83. The van der Waals surface area contributed by atoms with Gasteiger partial charge in [0.2, 0.25) is 0 Å². The van der Waals surface area contributed by atoms with E-state index < -0.39 is 6.16 Å². The molecule has 0 bridgehead atoms. The molecule has 10 heavy (non-hydrogen) atoms. The zero-order valence-corrected chi connectivity index (χ0v) is 5.43. The number of rotatable bonds is 0. The van der Waals surface area contributed by atoms with Crippen molar-refractivity contribution < 1.29 is 15.0 Å². The predicted molar refractivity (Wildman–Crippen MR) is 33.9 cm³/mol. The molecule has 0 amide bonds. The van der Waals surface area contributed by atoms with Crippen LogP contribution in [0.3, 0.4) is 0 Å². The first-order valence-corrected chi connectivity index (χ1v) is 2.46. The lowest BCUT2D eigenvalue weighted by molar-refractivity contribution is 0.137. The first kappa shape index (κ1) is 8.48. The Hall–Kier alpha value is -1.52. The molecule has 1 aromatic heterocycles. The maximum atomic E-state index is 8.56. The Bertz CT molecular complexity index is 179.